The maximum atomic E-state index is 6.02. The molecule has 1 heterocycles. The van der Waals surface area contributed by atoms with Gasteiger partial charge in [-0.3, -0.25) is 0 Å². The van der Waals surface area contributed by atoms with E-state index in [9.17, 15) is 0 Å². The summed E-state index contributed by atoms with van der Waals surface area (Å²) in [6.45, 7) is 1.91. The molecular formula is C10H6BrCl2N. The van der Waals surface area contributed by atoms with E-state index in [0.717, 1.165) is 20.9 Å². The number of hydrogen-bond acceptors (Lipinski definition) is 1. The Hall–Kier alpha value is -0.310. The summed E-state index contributed by atoms with van der Waals surface area (Å²) in [6.07, 6.45) is 0. The number of nitrogens with zero attached hydrogens (tertiary/aromatic N) is 1. The second-order valence-corrected chi connectivity index (χ2v) is 4.58. The Morgan fingerprint density at radius 1 is 1.21 bits per heavy atom. The van der Waals surface area contributed by atoms with Crippen LogP contribution in [0.4, 0.5) is 0 Å². The van der Waals surface area contributed by atoms with Crippen LogP contribution >= 0.6 is 39.1 Å². The van der Waals surface area contributed by atoms with E-state index >= 15 is 0 Å². The molecule has 4 heteroatoms. The summed E-state index contributed by atoms with van der Waals surface area (Å²) < 4.78 is 0.966. The van der Waals surface area contributed by atoms with Gasteiger partial charge < -0.3 is 0 Å². The predicted molar refractivity (Wildman–Crippen MR) is 64.2 cm³/mol. The number of aromatic nitrogens is 1. The van der Waals surface area contributed by atoms with Crippen molar-refractivity contribution >= 4 is 49.9 Å². The lowest BCUT2D eigenvalue weighted by atomic mass is 10.1. The molecule has 0 aliphatic carbocycles. The smallest absolute Gasteiger partial charge is 0.137 e. The molecule has 1 aromatic heterocycles. The van der Waals surface area contributed by atoms with Crippen LogP contribution in [0.3, 0.4) is 0 Å². The first-order valence-electron chi connectivity index (χ1n) is 4.00. The molecule has 0 fully saturated rings. The summed E-state index contributed by atoms with van der Waals surface area (Å²) in [6, 6.07) is 5.59. The van der Waals surface area contributed by atoms with E-state index in [0.29, 0.717) is 10.2 Å². The van der Waals surface area contributed by atoms with Crippen molar-refractivity contribution in [3.05, 3.63) is 38.5 Å². The van der Waals surface area contributed by atoms with E-state index in [1.165, 1.54) is 0 Å². The molecule has 2 rings (SSSR count). The summed E-state index contributed by atoms with van der Waals surface area (Å²) in [5.74, 6) is 0. The molecule has 72 valence electrons. The number of rotatable bonds is 0. The van der Waals surface area contributed by atoms with Gasteiger partial charge in [-0.25, -0.2) is 4.98 Å². The molecular weight excluding hydrogens is 285 g/mol. The molecule has 0 bridgehead atoms. The number of fused-ring (bicyclic) bond motifs is 1. The Bertz CT molecular complexity index is 511. The third-order valence-corrected chi connectivity index (χ3v) is 3.55. The Morgan fingerprint density at radius 3 is 2.64 bits per heavy atom. The second-order valence-electron chi connectivity index (χ2n) is 2.99. The van der Waals surface area contributed by atoms with Gasteiger partial charge in [-0.15, -0.1) is 0 Å². The maximum absolute atomic E-state index is 6.02. The zero-order chi connectivity index (χ0) is 10.3. The highest BCUT2D eigenvalue weighted by Gasteiger charge is 2.07. The standard InChI is InChI=1S/C10H6BrCl2N/c1-5-9(11)7-3-2-6(12)4-8(7)10(13)14-5/h2-4H,1H3. The van der Waals surface area contributed by atoms with Gasteiger partial charge in [-0.1, -0.05) is 29.3 Å². The number of pyridine rings is 1. The summed E-state index contributed by atoms with van der Waals surface area (Å²) in [7, 11) is 0. The Kier molecular flexibility index (Phi) is 2.69. The van der Waals surface area contributed by atoms with Gasteiger partial charge in [-0.05, 0) is 35.0 Å². The van der Waals surface area contributed by atoms with Crippen LogP contribution < -0.4 is 0 Å². The fourth-order valence-electron chi connectivity index (χ4n) is 1.33. The highest BCUT2D eigenvalue weighted by molar-refractivity contribution is 9.10. The molecule has 0 amide bonds. The second kappa shape index (κ2) is 3.69. The van der Waals surface area contributed by atoms with Crippen molar-refractivity contribution < 1.29 is 0 Å². The van der Waals surface area contributed by atoms with Crippen LogP contribution in [0.25, 0.3) is 10.8 Å². The third-order valence-electron chi connectivity index (χ3n) is 2.02. The van der Waals surface area contributed by atoms with Crippen molar-refractivity contribution in [2.24, 2.45) is 0 Å². The Labute approximate surface area is 100 Å². The molecule has 2 aromatic rings. The van der Waals surface area contributed by atoms with Crippen molar-refractivity contribution in [1.82, 2.24) is 4.98 Å². The highest BCUT2D eigenvalue weighted by atomic mass is 79.9. The minimum atomic E-state index is 0.489. The van der Waals surface area contributed by atoms with Crippen LogP contribution in [0, 0.1) is 6.92 Å². The van der Waals surface area contributed by atoms with E-state index < -0.39 is 0 Å². The summed E-state index contributed by atoms with van der Waals surface area (Å²) >= 11 is 15.4. The zero-order valence-electron chi connectivity index (χ0n) is 7.31. The molecule has 0 atom stereocenters. The van der Waals surface area contributed by atoms with Crippen LogP contribution in [-0.4, -0.2) is 4.98 Å². The minimum absolute atomic E-state index is 0.489. The van der Waals surface area contributed by atoms with Crippen LogP contribution in [-0.2, 0) is 0 Å². The van der Waals surface area contributed by atoms with Gasteiger partial charge in [0, 0.05) is 20.3 Å². The van der Waals surface area contributed by atoms with Crippen molar-refractivity contribution in [2.45, 2.75) is 6.92 Å². The fraction of sp³-hybridized carbons (Fsp3) is 0.100. The van der Waals surface area contributed by atoms with Gasteiger partial charge in [0.2, 0.25) is 0 Å². The molecule has 1 aromatic carbocycles. The lowest BCUT2D eigenvalue weighted by molar-refractivity contribution is 1.21. The molecule has 0 radical (unpaired) electrons. The van der Waals surface area contributed by atoms with E-state index in [1.807, 2.05) is 25.1 Å². The maximum Gasteiger partial charge on any atom is 0.137 e. The minimum Gasteiger partial charge on any atom is -0.240 e. The van der Waals surface area contributed by atoms with Gasteiger partial charge in [0.1, 0.15) is 5.15 Å². The van der Waals surface area contributed by atoms with Gasteiger partial charge in [0.15, 0.2) is 0 Å². The van der Waals surface area contributed by atoms with Crippen LogP contribution in [0.1, 0.15) is 5.69 Å². The molecule has 0 aliphatic rings. The molecule has 0 unspecified atom stereocenters. The zero-order valence-corrected chi connectivity index (χ0v) is 10.4. The SMILES string of the molecule is Cc1nc(Cl)c2cc(Cl)ccc2c1Br. The summed E-state index contributed by atoms with van der Waals surface area (Å²) in [4.78, 5) is 4.20. The summed E-state index contributed by atoms with van der Waals surface area (Å²) in [5.41, 5.74) is 0.879. The normalized spacial score (nSPS) is 10.9. The molecule has 14 heavy (non-hydrogen) atoms. The fourth-order valence-corrected chi connectivity index (χ4v) is 2.22. The average molecular weight is 291 g/mol. The average Bonchev–Trinajstić information content (AvgIpc) is 2.14. The van der Waals surface area contributed by atoms with Crippen LogP contribution in [0.5, 0.6) is 0 Å². The molecule has 0 spiro atoms. The predicted octanol–water partition coefficient (Wildman–Crippen LogP) is 4.61. The van der Waals surface area contributed by atoms with Crippen molar-refractivity contribution in [3.8, 4) is 0 Å². The third kappa shape index (κ3) is 1.62. The molecule has 1 nitrogen and oxygen atoms in total. The van der Waals surface area contributed by atoms with Gasteiger partial charge >= 0.3 is 0 Å². The molecule has 0 N–H and O–H groups in total. The lowest BCUT2D eigenvalue weighted by Gasteiger charge is -2.05. The first kappa shape index (κ1) is 10.2. The Morgan fingerprint density at radius 2 is 1.93 bits per heavy atom. The monoisotopic (exact) mass is 289 g/mol. The van der Waals surface area contributed by atoms with Crippen molar-refractivity contribution in [1.29, 1.82) is 0 Å². The van der Waals surface area contributed by atoms with Crippen LogP contribution in [0.2, 0.25) is 10.2 Å². The largest absolute Gasteiger partial charge is 0.240 e. The number of benzene rings is 1. The molecule has 0 aliphatic heterocycles. The number of aryl methyl sites for hydroxylation is 1. The highest BCUT2D eigenvalue weighted by Crippen LogP contribution is 2.32. The van der Waals surface area contributed by atoms with E-state index in [1.54, 1.807) is 0 Å². The molecule has 0 saturated heterocycles. The van der Waals surface area contributed by atoms with E-state index in [-0.39, 0.29) is 0 Å². The number of halogens is 3. The number of hydrogen-bond donors (Lipinski definition) is 0. The lowest BCUT2D eigenvalue weighted by Crippen LogP contribution is -1.87. The first-order chi connectivity index (χ1) is 6.59. The Balaban J connectivity index is 2.94. The molecule has 0 saturated carbocycles. The topological polar surface area (TPSA) is 12.9 Å². The van der Waals surface area contributed by atoms with E-state index in [4.69, 9.17) is 23.2 Å². The quantitative estimate of drug-likeness (QED) is 0.646. The van der Waals surface area contributed by atoms with Crippen LogP contribution in [0.15, 0.2) is 22.7 Å². The van der Waals surface area contributed by atoms with Crippen molar-refractivity contribution in [2.75, 3.05) is 0 Å². The van der Waals surface area contributed by atoms with E-state index in [2.05, 4.69) is 20.9 Å². The van der Waals surface area contributed by atoms with Gasteiger partial charge in [-0.2, -0.15) is 0 Å². The summed E-state index contributed by atoms with van der Waals surface area (Å²) in [5, 5.41) is 3.06. The van der Waals surface area contributed by atoms with Gasteiger partial charge in [0.05, 0.1) is 5.69 Å². The first-order valence-corrected chi connectivity index (χ1v) is 5.55. The van der Waals surface area contributed by atoms with Gasteiger partial charge in [0.25, 0.3) is 0 Å². The van der Waals surface area contributed by atoms with Crippen molar-refractivity contribution in [3.63, 3.8) is 0 Å².